The highest BCUT2D eigenvalue weighted by Crippen LogP contribution is 2.32. The van der Waals surface area contributed by atoms with Gasteiger partial charge in [-0.25, -0.2) is 8.42 Å². The molecule has 26 heavy (non-hydrogen) atoms. The first kappa shape index (κ1) is 18.5. The van der Waals surface area contributed by atoms with Crippen LogP contribution in [0.1, 0.15) is 28.8 Å². The molecular weight excluding hydrogens is 376 g/mol. The van der Waals surface area contributed by atoms with Crippen molar-refractivity contribution in [2.24, 2.45) is 0 Å². The highest BCUT2D eigenvalue weighted by Gasteiger charge is 2.25. The molecule has 2 aromatic rings. The first-order valence-electron chi connectivity index (χ1n) is 8.08. The maximum atomic E-state index is 12.7. The number of methoxy groups -OCH3 is 1. The summed E-state index contributed by atoms with van der Waals surface area (Å²) in [4.78, 5) is 12.2. The van der Waals surface area contributed by atoms with Gasteiger partial charge in [0.25, 0.3) is 15.9 Å². The Morgan fingerprint density at radius 3 is 2.62 bits per heavy atom. The minimum absolute atomic E-state index is 0.00407. The van der Waals surface area contributed by atoms with E-state index in [0.717, 1.165) is 12.8 Å². The van der Waals surface area contributed by atoms with Gasteiger partial charge in [-0.2, -0.15) is 0 Å². The number of nitrogens with one attached hydrogen (secondary N) is 2. The lowest BCUT2D eigenvalue weighted by Gasteiger charge is -2.14. The molecule has 1 amide bonds. The molecule has 0 aliphatic heterocycles. The number of hydrogen-bond acceptors (Lipinski definition) is 4. The highest BCUT2D eigenvalue weighted by molar-refractivity contribution is 7.92. The predicted octanol–water partition coefficient (Wildman–Crippen LogP) is 3.35. The molecular formula is C18H19ClN2O4S. The third-order valence-electron chi connectivity index (χ3n) is 4.04. The number of halogens is 1. The van der Waals surface area contributed by atoms with Gasteiger partial charge in [-0.1, -0.05) is 17.7 Å². The summed E-state index contributed by atoms with van der Waals surface area (Å²) in [6.07, 6.45) is 1.92. The number of benzene rings is 2. The van der Waals surface area contributed by atoms with E-state index in [9.17, 15) is 13.2 Å². The molecule has 6 nitrogen and oxygen atoms in total. The zero-order valence-electron chi connectivity index (χ0n) is 14.4. The molecule has 0 unspecified atom stereocenters. The normalized spacial score (nSPS) is 14.0. The third kappa shape index (κ3) is 4.11. The van der Waals surface area contributed by atoms with Crippen LogP contribution in [0.3, 0.4) is 0 Å². The molecule has 0 aromatic heterocycles. The fourth-order valence-corrected chi connectivity index (χ4v) is 3.68. The molecule has 0 spiro atoms. The molecule has 8 heteroatoms. The minimum atomic E-state index is -3.90. The summed E-state index contributed by atoms with van der Waals surface area (Å²) in [7, 11) is -2.47. The molecule has 1 fully saturated rings. The van der Waals surface area contributed by atoms with Gasteiger partial charge in [0.2, 0.25) is 0 Å². The first-order valence-corrected chi connectivity index (χ1v) is 9.94. The number of ether oxygens (including phenoxy) is 1. The molecule has 0 saturated heterocycles. The molecule has 1 aliphatic rings. The first-order chi connectivity index (χ1) is 12.3. The Morgan fingerprint density at radius 2 is 1.96 bits per heavy atom. The van der Waals surface area contributed by atoms with Crippen LogP contribution in [0.4, 0.5) is 5.69 Å². The Kier molecular flexibility index (Phi) is 5.11. The summed E-state index contributed by atoms with van der Waals surface area (Å²) in [5.41, 5.74) is 1.30. The molecule has 1 aliphatic carbocycles. The van der Waals surface area contributed by atoms with Crippen molar-refractivity contribution in [1.29, 1.82) is 0 Å². The zero-order chi connectivity index (χ0) is 18.9. The van der Waals surface area contributed by atoms with Crippen LogP contribution in [-0.4, -0.2) is 27.5 Å². The van der Waals surface area contributed by atoms with Crippen LogP contribution in [0.2, 0.25) is 5.02 Å². The van der Waals surface area contributed by atoms with Gasteiger partial charge in [0, 0.05) is 22.7 Å². The van der Waals surface area contributed by atoms with Gasteiger partial charge in [-0.05, 0) is 49.6 Å². The van der Waals surface area contributed by atoms with E-state index in [1.54, 1.807) is 31.2 Å². The van der Waals surface area contributed by atoms with E-state index in [2.05, 4.69) is 10.0 Å². The Bertz CT molecular complexity index is 956. The largest absolute Gasteiger partial charge is 0.495 e. The lowest BCUT2D eigenvalue weighted by Crippen LogP contribution is -2.25. The predicted molar refractivity (Wildman–Crippen MR) is 100 cm³/mol. The lowest BCUT2D eigenvalue weighted by atomic mass is 10.2. The van der Waals surface area contributed by atoms with Crippen molar-refractivity contribution >= 4 is 33.2 Å². The number of rotatable bonds is 6. The van der Waals surface area contributed by atoms with Gasteiger partial charge in [0.15, 0.2) is 0 Å². The van der Waals surface area contributed by atoms with E-state index in [1.807, 2.05) is 0 Å². The number of aryl methyl sites for hydroxylation is 1. The van der Waals surface area contributed by atoms with Crippen molar-refractivity contribution in [3.05, 3.63) is 52.5 Å². The second-order valence-corrected chi connectivity index (χ2v) is 8.27. The summed E-state index contributed by atoms with van der Waals surface area (Å²) >= 11 is 6.05. The Balaban J connectivity index is 1.89. The number of hydrogen-bond donors (Lipinski definition) is 2. The molecule has 0 heterocycles. The number of carbonyl (C=O) groups is 1. The van der Waals surface area contributed by atoms with Crippen LogP contribution in [0.25, 0.3) is 0 Å². The van der Waals surface area contributed by atoms with E-state index < -0.39 is 10.0 Å². The molecule has 0 radical (unpaired) electrons. The summed E-state index contributed by atoms with van der Waals surface area (Å²) in [6, 6.07) is 9.27. The fraction of sp³-hybridized carbons (Fsp3) is 0.278. The number of anilines is 1. The summed E-state index contributed by atoms with van der Waals surface area (Å²) in [5, 5.41) is 3.32. The summed E-state index contributed by atoms with van der Waals surface area (Å²) in [5.74, 6) is 0.0382. The van der Waals surface area contributed by atoms with Gasteiger partial charge in [0.1, 0.15) is 5.75 Å². The molecule has 1 saturated carbocycles. The second-order valence-electron chi connectivity index (χ2n) is 6.18. The van der Waals surface area contributed by atoms with E-state index in [1.165, 1.54) is 19.2 Å². The van der Waals surface area contributed by atoms with Crippen LogP contribution in [0.15, 0.2) is 41.3 Å². The molecule has 138 valence electrons. The molecule has 3 rings (SSSR count). The number of amides is 1. The van der Waals surface area contributed by atoms with Gasteiger partial charge in [-0.15, -0.1) is 0 Å². The third-order valence-corrected chi connectivity index (χ3v) is 5.81. The summed E-state index contributed by atoms with van der Waals surface area (Å²) < 4.78 is 33.2. The maximum Gasteiger partial charge on any atom is 0.262 e. The topological polar surface area (TPSA) is 84.5 Å². The van der Waals surface area contributed by atoms with Crippen molar-refractivity contribution in [3.8, 4) is 5.75 Å². The average Bonchev–Trinajstić information content (AvgIpc) is 3.41. The highest BCUT2D eigenvalue weighted by atomic mass is 35.5. The van der Waals surface area contributed by atoms with Crippen LogP contribution >= 0.6 is 11.6 Å². The van der Waals surface area contributed by atoms with Gasteiger partial charge >= 0.3 is 0 Å². The standard InChI is InChI=1S/C18H19ClN2O4S/c1-11-8-16(17(25-2)10-15(11)19)21-26(23,24)14-5-3-4-12(9-14)18(22)20-13-6-7-13/h3-5,8-10,13,21H,6-7H2,1-2H3,(H,20,22). The Morgan fingerprint density at radius 1 is 1.23 bits per heavy atom. The Labute approximate surface area is 157 Å². The van der Waals surface area contributed by atoms with Gasteiger partial charge in [-0.3, -0.25) is 9.52 Å². The van der Waals surface area contributed by atoms with E-state index in [0.29, 0.717) is 21.9 Å². The van der Waals surface area contributed by atoms with Crippen molar-refractivity contribution < 1.29 is 17.9 Å². The smallest absolute Gasteiger partial charge is 0.262 e. The molecule has 0 bridgehead atoms. The van der Waals surface area contributed by atoms with Crippen LogP contribution in [0.5, 0.6) is 5.75 Å². The van der Waals surface area contributed by atoms with Gasteiger partial charge < -0.3 is 10.1 Å². The Hall–Kier alpha value is -2.25. The lowest BCUT2D eigenvalue weighted by molar-refractivity contribution is 0.0951. The van der Waals surface area contributed by atoms with Crippen LogP contribution in [-0.2, 0) is 10.0 Å². The molecule has 2 aromatic carbocycles. The second kappa shape index (κ2) is 7.17. The van der Waals surface area contributed by atoms with Crippen LogP contribution < -0.4 is 14.8 Å². The number of sulfonamides is 1. The minimum Gasteiger partial charge on any atom is -0.495 e. The van der Waals surface area contributed by atoms with Gasteiger partial charge in [0.05, 0.1) is 17.7 Å². The molecule has 2 N–H and O–H groups in total. The fourth-order valence-electron chi connectivity index (χ4n) is 2.42. The average molecular weight is 395 g/mol. The quantitative estimate of drug-likeness (QED) is 0.786. The van der Waals surface area contributed by atoms with Crippen molar-refractivity contribution in [1.82, 2.24) is 5.32 Å². The summed E-state index contributed by atoms with van der Waals surface area (Å²) in [6.45, 7) is 1.77. The van der Waals surface area contributed by atoms with E-state index in [-0.39, 0.29) is 22.5 Å². The van der Waals surface area contributed by atoms with Crippen LogP contribution in [0, 0.1) is 6.92 Å². The SMILES string of the molecule is COc1cc(Cl)c(C)cc1NS(=O)(=O)c1cccc(C(=O)NC2CC2)c1. The van der Waals surface area contributed by atoms with E-state index >= 15 is 0 Å². The van der Waals surface area contributed by atoms with Crippen molar-refractivity contribution in [3.63, 3.8) is 0 Å². The number of carbonyl (C=O) groups excluding carboxylic acids is 1. The van der Waals surface area contributed by atoms with E-state index in [4.69, 9.17) is 16.3 Å². The monoisotopic (exact) mass is 394 g/mol. The zero-order valence-corrected chi connectivity index (χ0v) is 15.9. The van der Waals surface area contributed by atoms with Crippen molar-refractivity contribution in [2.75, 3.05) is 11.8 Å². The molecule has 0 atom stereocenters. The maximum absolute atomic E-state index is 12.7. The van der Waals surface area contributed by atoms with Crippen molar-refractivity contribution in [2.45, 2.75) is 30.7 Å².